The second kappa shape index (κ2) is 5.75. The fourth-order valence-corrected chi connectivity index (χ4v) is 1.83. The molecule has 2 aromatic rings. The second-order valence-corrected chi connectivity index (χ2v) is 4.91. The molecule has 5 heteroatoms. The van der Waals surface area contributed by atoms with Gasteiger partial charge in [-0.15, -0.1) is 0 Å². The predicted molar refractivity (Wildman–Crippen MR) is 79.6 cm³/mol. The maximum absolute atomic E-state index is 11.8. The van der Waals surface area contributed by atoms with E-state index in [1.807, 2.05) is 19.1 Å². The van der Waals surface area contributed by atoms with E-state index in [2.05, 4.69) is 26.6 Å². The molecule has 0 fully saturated rings. The van der Waals surface area contributed by atoms with Crippen LogP contribution in [0.2, 0.25) is 0 Å². The van der Waals surface area contributed by atoms with Crippen LogP contribution in [-0.4, -0.2) is 11.1 Å². The number of hydrogen-bond donors (Lipinski definition) is 3. The van der Waals surface area contributed by atoms with Gasteiger partial charge in [-0.25, -0.2) is 4.79 Å². The minimum absolute atomic E-state index is 0.0321. The van der Waals surface area contributed by atoms with E-state index in [9.17, 15) is 9.90 Å². The van der Waals surface area contributed by atoms with Crippen LogP contribution in [-0.2, 0) is 0 Å². The third-order valence-corrected chi connectivity index (χ3v) is 3.46. The lowest BCUT2D eigenvalue weighted by Crippen LogP contribution is -2.19. The Balaban J connectivity index is 2.05. The third kappa shape index (κ3) is 3.48. The average molecular weight is 321 g/mol. The largest absolute Gasteiger partial charge is 0.506 e. The monoisotopic (exact) mass is 320 g/mol. The fourth-order valence-electron chi connectivity index (χ4n) is 1.59. The number of carbonyl (C=O) groups is 1. The number of carbonyl (C=O) groups excluding carboxylic acids is 1. The summed E-state index contributed by atoms with van der Waals surface area (Å²) in [4.78, 5) is 11.8. The van der Waals surface area contributed by atoms with Crippen molar-refractivity contribution in [2.75, 3.05) is 10.6 Å². The minimum atomic E-state index is -0.400. The highest BCUT2D eigenvalue weighted by atomic mass is 79.9. The Morgan fingerprint density at radius 1 is 1.16 bits per heavy atom. The van der Waals surface area contributed by atoms with Crippen molar-refractivity contribution in [3.63, 3.8) is 0 Å². The number of anilines is 2. The van der Waals surface area contributed by atoms with Gasteiger partial charge in [-0.1, -0.05) is 28.1 Å². The molecule has 2 rings (SSSR count). The highest BCUT2D eigenvalue weighted by Gasteiger charge is 2.06. The van der Waals surface area contributed by atoms with Gasteiger partial charge in [-0.05, 0) is 42.8 Å². The highest BCUT2D eigenvalue weighted by Crippen LogP contribution is 2.23. The molecule has 2 aromatic carbocycles. The van der Waals surface area contributed by atoms with Crippen molar-refractivity contribution in [2.45, 2.75) is 6.92 Å². The fraction of sp³-hybridized carbons (Fsp3) is 0.0714. The summed E-state index contributed by atoms with van der Waals surface area (Å²) in [6.07, 6.45) is 0. The Kier molecular flexibility index (Phi) is 4.06. The van der Waals surface area contributed by atoms with Gasteiger partial charge in [0.1, 0.15) is 5.75 Å². The van der Waals surface area contributed by atoms with Crippen molar-refractivity contribution in [3.8, 4) is 5.75 Å². The Hall–Kier alpha value is -2.01. The molecule has 0 aliphatic heterocycles. The molecule has 4 nitrogen and oxygen atoms in total. The van der Waals surface area contributed by atoms with Crippen molar-refractivity contribution in [1.82, 2.24) is 0 Å². The summed E-state index contributed by atoms with van der Waals surface area (Å²) in [5.41, 5.74) is 2.09. The van der Waals surface area contributed by atoms with E-state index in [1.165, 1.54) is 6.07 Å². The number of phenolic OH excluding ortho intramolecular Hbond substituents is 1. The molecule has 0 atom stereocenters. The van der Waals surface area contributed by atoms with Crippen molar-refractivity contribution >= 4 is 33.3 Å². The molecular weight excluding hydrogens is 308 g/mol. The Morgan fingerprint density at radius 2 is 1.89 bits per heavy atom. The van der Waals surface area contributed by atoms with E-state index < -0.39 is 6.03 Å². The summed E-state index contributed by atoms with van der Waals surface area (Å²) in [5.74, 6) is 0.0321. The van der Waals surface area contributed by atoms with Gasteiger partial charge in [0.05, 0.1) is 5.69 Å². The Bertz CT molecular complexity index is 614. The molecule has 0 aromatic heterocycles. The van der Waals surface area contributed by atoms with Crippen LogP contribution in [0.25, 0.3) is 0 Å². The summed E-state index contributed by atoms with van der Waals surface area (Å²) >= 11 is 3.40. The molecule has 3 N–H and O–H groups in total. The zero-order valence-corrected chi connectivity index (χ0v) is 11.9. The molecule has 2 amide bonds. The maximum Gasteiger partial charge on any atom is 0.323 e. The van der Waals surface area contributed by atoms with Gasteiger partial charge in [0.25, 0.3) is 0 Å². The molecule has 0 heterocycles. The maximum atomic E-state index is 11.8. The van der Waals surface area contributed by atoms with Crippen LogP contribution in [0.5, 0.6) is 5.75 Å². The molecule has 0 radical (unpaired) electrons. The molecule has 0 saturated carbocycles. The topological polar surface area (TPSA) is 61.4 Å². The van der Waals surface area contributed by atoms with E-state index in [1.54, 1.807) is 24.3 Å². The lowest BCUT2D eigenvalue weighted by molar-refractivity contribution is 0.262. The smallest absolute Gasteiger partial charge is 0.323 e. The number of phenols is 1. The number of rotatable bonds is 2. The number of nitrogens with one attached hydrogen (secondary N) is 2. The number of halogens is 1. The van der Waals surface area contributed by atoms with Crippen LogP contribution in [0.4, 0.5) is 16.2 Å². The first-order valence-electron chi connectivity index (χ1n) is 5.68. The van der Waals surface area contributed by atoms with E-state index in [0.717, 1.165) is 10.0 Å². The van der Waals surface area contributed by atoms with Gasteiger partial charge in [0.15, 0.2) is 0 Å². The molecule has 0 unspecified atom stereocenters. The number of hydrogen-bond acceptors (Lipinski definition) is 2. The van der Waals surface area contributed by atoms with Crippen molar-refractivity contribution in [2.24, 2.45) is 0 Å². The van der Waals surface area contributed by atoms with Crippen molar-refractivity contribution in [1.29, 1.82) is 0 Å². The van der Waals surface area contributed by atoms with Gasteiger partial charge in [-0.2, -0.15) is 0 Å². The van der Waals surface area contributed by atoms with Crippen LogP contribution in [0.15, 0.2) is 46.9 Å². The number of para-hydroxylation sites is 2. The van der Waals surface area contributed by atoms with Gasteiger partial charge in [-0.3, -0.25) is 0 Å². The number of benzene rings is 2. The Labute approximate surface area is 119 Å². The number of aromatic hydroxyl groups is 1. The first-order valence-corrected chi connectivity index (χ1v) is 6.48. The van der Waals surface area contributed by atoms with E-state index in [0.29, 0.717) is 11.4 Å². The van der Waals surface area contributed by atoms with Crippen LogP contribution in [0, 0.1) is 6.92 Å². The van der Waals surface area contributed by atoms with Crippen molar-refractivity contribution in [3.05, 3.63) is 52.5 Å². The first kappa shape index (κ1) is 13.4. The first-order chi connectivity index (χ1) is 9.06. The molecule has 19 heavy (non-hydrogen) atoms. The normalized spacial score (nSPS) is 10.0. The third-order valence-electron chi connectivity index (χ3n) is 2.57. The van der Waals surface area contributed by atoms with Gasteiger partial charge >= 0.3 is 6.03 Å². The molecule has 98 valence electrons. The number of aryl methyl sites for hydroxylation is 1. The second-order valence-electron chi connectivity index (χ2n) is 4.06. The van der Waals surface area contributed by atoms with Crippen LogP contribution >= 0.6 is 15.9 Å². The van der Waals surface area contributed by atoms with E-state index >= 15 is 0 Å². The van der Waals surface area contributed by atoms with Gasteiger partial charge in [0, 0.05) is 10.2 Å². The summed E-state index contributed by atoms with van der Waals surface area (Å²) < 4.78 is 0.985. The molecule has 0 aliphatic carbocycles. The van der Waals surface area contributed by atoms with Crippen molar-refractivity contribution < 1.29 is 9.90 Å². The van der Waals surface area contributed by atoms with Crippen LogP contribution in [0.1, 0.15) is 5.56 Å². The lowest BCUT2D eigenvalue weighted by atomic mass is 10.2. The van der Waals surface area contributed by atoms with E-state index in [-0.39, 0.29) is 5.75 Å². The summed E-state index contributed by atoms with van der Waals surface area (Å²) in [7, 11) is 0. The predicted octanol–water partition coefficient (Wildman–Crippen LogP) is 4.11. The molecule has 0 bridgehead atoms. The van der Waals surface area contributed by atoms with Gasteiger partial charge in [0.2, 0.25) is 0 Å². The zero-order chi connectivity index (χ0) is 13.8. The zero-order valence-electron chi connectivity index (χ0n) is 10.3. The van der Waals surface area contributed by atoms with Crippen LogP contribution in [0.3, 0.4) is 0 Å². The minimum Gasteiger partial charge on any atom is -0.506 e. The summed E-state index contributed by atoms with van der Waals surface area (Å²) in [6.45, 7) is 1.94. The molecule has 0 spiro atoms. The lowest BCUT2D eigenvalue weighted by Gasteiger charge is -2.09. The SMILES string of the molecule is Cc1cc(NC(=O)Nc2ccccc2O)ccc1Br. The molecule has 0 saturated heterocycles. The number of urea groups is 1. The molecule has 0 aliphatic rings. The Morgan fingerprint density at radius 3 is 2.58 bits per heavy atom. The van der Waals surface area contributed by atoms with Crippen LogP contribution < -0.4 is 10.6 Å². The standard InChI is InChI=1S/C14H13BrN2O2/c1-9-8-10(6-7-11(9)15)16-14(19)17-12-4-2-3-5-13(12)18/h2-8,18H,1H3,(H2,16,17,19). The highest BCUT2D eigenvalue weighted by molar-refractivity contribution is 9.10. The quantitative estimate of drug-likeness (QED) is 0.729. The number of amides is 2. The van der Waals surface area contributed by atoms with E-state index in [4.69, 9.17) is 0 Å². The molecular formula is C14H13BrN2O2. The summed E-state index contributed by atoms with van der Waals surface area (Å²) in [6, 6.07) is 11.7. The summed E-state index contributed by atoms with van der Waals surface area (Å²) in [5, 5.41) is 14.8. The average Bonchev–Trinajstić information content (AvgIpc) is 2.37. The van der Waals surface area contributed by atoms with Gasteiger partial charge < -0.3 is 15.7 Å².